The lowest BCUT2D eigenvalue weighted by atomic mass is 9.99. The average Bonchev–Trinajstić information content (AvgIpc) is 2.90. The number of nitrogens with zero attached hydrogens (tertiary/aromatic N) is 3. The van der Waals surface area contributed by atoms with Gasteiger partial charge in [-0.1, -0.05) is 13.0 Å². The number of benzene rings is 2. The van der Waals surface area contributed by atoms with Crippen LogP contribution in [0.1, 0.15) is 58.8 Å². The highest BCUT2D eigenvalue weighted by Gasteiger charge is 2.30. The van der Waals surface area contributed by atoms with Gasteiger partial charge in [0, 0.05) is 38.3 Å². The number of ether oxygens (including phenoxy) is 1. The number of amides is 1. The SMILES string of the molecule is CCCN(C)CCCCOc1ccc(CCN2CCN(C(=O)c3ccc(C(F)(F)F)cc3)CC2)c(C)c1C. The van der Waals surface area contributed by atoms with Crippen molar-refractivity contribution in [2.45, 2.75) is 52.6 Å². The molecule has 0 radical (unpaired) electrons. The normalized spacial score (nSPS) is 14.8. The van der Waals surface area contributed by atoms with Crippen molar-refractivity contribution in [3.8, 4) is 5.75 Å². The summed E-state index contributed by atoms with van der Waals surface area (Å²) < 4.78 is 44.4. The number of rotatable bonds is 12. The Labute approximate surface area is 225 Å². The van der Waals surface area contributed by atoms with Gasteiger partial charge in [-0.2, -0.15) is 13.2 Å². The predicted molar refractivity (Wildman–Crippen MR) is 146 cm³/mol. The molecule has 0 bridgehead atoms. The van der Waals surface area contributed by atoms with Crippen LogP contribution < -0.4 is 4.74 Å². The Kier molecular flexibility index (Phi) is 11.0. The highest BCUT2D eigenvalue weighted by atomic mass is 19.4. The van der Waals surface area contributed by atoms with Crippen molar-refractivity contribution >= 4 is 5.91 Å². The highest BCUT2D eigenvalue weighted by molar-refractivity contribution is 5.94. The average molecular weight is 534 g/mol. The highest BCUT2D eigenvalue weighted by Crippen LogP contribution is 2.29. The molecule has 3 rings (SSSR count). The molecule has 0 N–H and O–H groups in total. The Morgan fingerprint density at radius 1 is 0.947 bits per heavy atom. The van der Waals surface area contributed by atoms with E-state index in [-0.39, 0.29) is 5.91 Å². The molecule has 38 heavy (non-hydrogen) atoms. The number of unbranched alkanes of at least 4 members (excludes halogenated alkanes) is 1. The number of alkyl halides is 3. The summed E-state index contributed by atoms with van der Waals surface area (Å²) in [5, 5.41) is 0. The maximum absolute atomic E-state index is 12.8. The van der Waals surface area contributed by atoms with Crippen molar-refractivity contribution in [1.82, 2.24) is 14.7 Å². The van der Waals surface area contributed by atoms with E-state index in [9.17, 15) is 18.0 Å². The lowest BCUT2D eigenvalue weighted by Gasteiger charge is -2.35. The number of carbonyl (C=O) groups is 1. The molecule has 0 spiro atoms. The number of hydrogen-bond donors (Lipinski definition) is 0. The molecule has 1 aliphatic heterocycles. The molecule has 0 aliphatic carbocycles. The van der Waals surface area contributed by atoms with Gasteiger partial charge in [-0.3, -0.25) is 9.69 Å². The second-order valence-corrected chi connectivity index (χ2v) is 10.3. The zero-order valence-corrected chi connectivity index (χ0v) is 23.2. The van der Waals surface area contributed by atoms with Crippen LogP contribution in [-0.2, 0) is 12.6 Å². The van der Waals surface area contributed by atoms with Crippen LogP contribution in [0.5, 0.6) is 5.75 Å². The van der Waals surface area contributed by atoms with Crippen LogP contribution in [-0.4, -0.2) is 80.1 Å². The van der Waals surface area contributed by atoms with E-state index < -0.39 is 11.7 Å². The standard InChI is InChI=1S/C30H42F3N3O2/c1-5-15-34(4)16-6-7-22-38-28-13-10-25(23(2)24(28)3)14-17-35-18-20-36(21-19-35)29(37)26-8-11-27(12-9-26)30(31,32)33/h8-13H,5-7,14-22H2,1-4H3. The summed E-state index contributed by atoms with van der Waals surface area (Å²) >= 11 is 0. The molecular weight excluding hydrogens is 491 g/mol. The van der Waals surface area contributed by atoms with Gasteiger partial charge in [0.2, 0.25) is 0 Å². The van der Waals surface area contributed by atoms with Crippen molar-refractivity contribution in [3.05, 3.63) is 64.2 Å². The fraction of sp³-hybridized carbons (Fsp3) is 0.567. The largest absolute Gasteiger partial charge is 0.493 e. The van der Waals surface area contributed by atoms with E-state index in [1.54, 1.807) is 4.90 Å². The fourth-order valence-corrected chi connectivity index (χ4v) is 4.88. The van der Waals surface area contributed by atoms with Crippen LogP contribution in [0.2, 0.25) is 0 Å². The van der Waals surface area contributed by atoms with E-state index >= 15 is 0 Å². The van der Waals surface area contributed by atoms with Gasteiger partial charge < -0.3 is 14.5 Å². The minimum absolute atomic E-state index is 0.214. The first-order valence-corrected chi connectivity index (χ1v) is 13.7. The van der Waals surface area contributed by atoms with Crippen molar-refractivity contribution in [2.75, 3.05) is 59.5 Å². The quantitative estimate of drug-likeness (QED) is 0.322. The second kappa shape index (κ2) is 14.0. The summed E-state index contributed by atoms with van der Waals surface area (Å²) in [5.41, 5.74) is 3.32. The monoisotopic (exact) mass is 533 g/mol. The number of halogens is 3. The Morgan fingerprint density at radius 3 is 2.26 bits per heavy atom. The number of carbonyl (C=O) groups excluding carboxylic acids is 1. The zero-order chi connectivity index (χ0) is 27.7. The smallest absolute Gasteiger partial charge is 0.416 e. The second-order valence-electron chi connectivity index (χ2n) is 10.3. The maximum Gasteiger partial charge on any atom is 0.416 e. The Balaban J connectivity index is 1.42. The van der Waals surface area contributed by atoms with Crippen LogP contribution in [0.4, 0.5) is 13.2 Å². The zero-order valence-electron chi connectivity index (χ0n) is 23.2. The number of piperazine rings is 1. The molecule has 0 aromatic heterocycles. The van der Waals surface area contributed by atoms with Gasteiger partial charge >= 0.3 is 6.18 Å². The van der Waals surface area contributed by atoms with Gasteiger partial charge in [0.05, 0.1) is 12.2 Å². The molecule has 2 aromatic rings. The van der Waals surface area contributed by atoms with Crippen LogP contribution >= 0.6 is 0 Å². The molecule has 5 nitrogen and oxygen atoms in total. The minimum atomic E-state index is -4.40. The van der Waals surface area contributed by atoms with Crippen molar-refractivity contribution < 1.29 is 22.7 Å². The molecule has 2 aromatic carbocycles. The van der Waals surface area contributed by atoms with Gasteiger partial charge in [0.15, 0.2) is 0 Å². The predicted octanol–water partition coefficient (Wildman–Crippen LogP) is 5.82. The van der Waals surface area contributed by atoms with Crippen molar-refractivity contribution in [2.24, 2.45) is 0 Å². The Hall–Kier alpha value is -2.58. The summed E-state index contributed by atoms with van der Waals surface area (Å²) in [6.45, 7) is 13.0. The first-order valence-electron chi connectivity index (χ1n) is 13.7. The summed E-state index contributed by atoms with van der Waals surface area (Å²) in [7, 11) is 2.17. The lowest BCUT2D eigenvalue weighted by Crippen LogP contribution is -2.49. The summed E-state index contributed by atoms with van der Waals surface area (Å²) in [6, 6.07) is 8.72. The van der Waals surface area contributed by atoms with E-state index in [1.165, 1.54) is 35.2 Å². The van der Waals surface area contributed by atoms with E-state index in [2.05, 4.69) is 49.8 Å². The van der Waals surface area contributed by atoms with Crippen molar-refractivity contribution in [3.63, 3.8) is 0 Å². The molecule has 0 atom stereocenters. The minimum Gasteiger partial charge on any atom is -0.493 e. The molecule has 0 unspecified atom stereocenters. The molecule has 8 heteroatoms. The molecule has 210 valence electrons. The molecule has 1 heterocycles. The molecule has 1 saturated heterocycles. The van der Waals surface area contributed by atoms with Gasteiger partial charge in [-0.05, 0) is 107 Å². The first kappa shape index (κ1) is 30.0. The van der Waals surface area contributed by atoms with Crippen molar-refractivity contribution in [1.29, 1.82) is 0 Å². The van der Waals surface area contributed by atoms with Gasteiger partial charge in [0.25, 0.3) is 5.91 Å². The van der Waals surface area contributed by atoms with Gasteiger partial charge in [-0.25, -0.2) is 0 Å². The third-order valence-corrected chi connectivity index (χ3v) is 7.46. The summed E-state index contributed by atoms with van der Waals surface area (Å²) in [6.07, 6.45) is -0.122. The van der Waals surface area contributed by atoms with E-state index in [0.717, 1.165) is 76.5 Å². The topological polar surface area (TPSA) is 36.0 Å². The van der Waals surface area contributed by atoms with Gasteiger partial charge in [0.1, 0.15) is 5.75 Å². The third kappa shape index (κ3) is 8.46. The molecule has 0 saturated carbocycles. The molecule has 1 amide bonds. The van der Waals surface area contributed by atoms with Crippen LogP contribution in [0.3, 0.4) is 0 Å². The Bertz CT molecular complexity index is 1030. The van der Waals surface area contributed by atoms with Gasteiger partial charge in [-0.15, -0.1) is 0 Å². The lowest BCUT2D eigenvalue weighted by molar-refractivity contribution is -0.137. The molecular formula is C30H42F3N3O2. The van der Waals surface area contributed by atoms with E-state index in [4.69, 9.17) is 4.74 Å². The van der Waals surface area contributed by atoms with Crippen LogP contribution in [0.25, 0.3) is 0 Å². The first-order chi connectivity index (χ1) is 18.1. The van der Waals surface area contributed by atoms with E-state index in [0.29, 0.717) is 18.7 Å². The summed E-state index contributed by atoms with van der Waals surface area (Å²) in [5.74, 6) is 0.747. The van der Waals surface area contributed by atoms with Crippen LogP contribution in [0.15, 0.2) is 36.4 Å². The Morgan fingerprint density at radius 2 is 1.63 bits per heavy atom. The molecule has 1 fully saturated rings. The van der Waals surface area contributed by atoms with E-state index in [1.807, 2.05) is 0 Å². The molecule has 1 aliphatic rings. The van der Waals surface area contributed by atoms with Crippen LogP contribution in [0, 0.1) is 13.8 Å². The fourth-order valence-electron chi connectivity index (χ4n) is 4.88. The third-order valence-electron chi connectivity index (χ3n) is 7.46. The summed E-state index contributed by atoms with van der Waals surface area (Å²) in [4.78, 5) is 19.2. The number of hydrogen-bond acceptors (Lipinski definition) is 4. The maximum atomic E-state index is 12.8.